The molecule has 1 aliphatic heterocycles. The lowest BCUT2D eigenvalue weighted by Crippen LogP contribution is -2.44. The molecule has 1 aromatic rings. The van der Waals surface area contributed by atoms with Gasteiger partial charge in [0.15, 0.2) is 0 Å². The molecule has 4 heteroatoms. The third-order valence-electron chi connectivity index (χ3n) is 5.03. The summed E-state index contributed by atoms with van der Waals surface area (Å²) in [5.74, 6) is 0.776. The van der Waals surface area contributed by atoms with Gasteiger partial charge in [-0.25, -0.2) is 0 Å². The number of hydrogen-bond donors (Lipinski definition) is 1. The molecule has 2 fully saturated rings. The van der Waals surface area contributed by atoms with Crippen LogP contribution < -0.4 is 10.5 Å². The second kappa shape index (κ2) is 6.24. The number of methoxy groups -OCH3 is 1. The predicted octanol–water partition coefficient (Wildman–Crippen LogP) is 2.42. The normalized spacial score (nSPS) is 22.3. The molecule has 0 spiro atoms. The van der Waals surface area contributed by atoms with Crippen molar-refractivity contribution in [3.8, 4) is 5.75 Å². The zero-order valence-corrected chi connectivity index (χ0v) is 12.9. The number of anilines is 1. The molecule has 0 aromatic heterocycles. The molecule has 1 aliphatic carbocycles. The van der Waals surface area contributed by atoms with Crippen molar-refractivity contribution in [3.05, 3.63) is 23.8 Å². The maximum Gasteiger partial charge on any atom is 0.141 e. The van der Waals surface area contributed by atoms with Gasteiger partial charge in [0.25, 0.3) is 0 Å². The van der Waals surface area contributed by atoms with Crippen LogP contribution in [0.3, 0.4) is 0 Å². The summed E-state index contributed by atoms with van der Waals surface area (Å²) in [6, 6.07) is 6.36. The third kappa shape index (κ3) is 3.01. The van der Waals surface area contributed by atoms with Gasteiger partial charge in [-0.15, -0.1) is 0 Å². The second-order valence-electron chi connectivity index (χ2n) is 6.33. The molecule has 0 unspecified atom stereocenters. The maximum absolute atomic E-state index is 6.13. The van der Waals surface area contributed by atoms with Crippen molar-refractivity contribution in [2.24, 2.45) is 0 Å². The Morgan fingerprint density at radius 2 is 1.95 bits per heavy atom. The number of benzene rings is 1. The third-order valence-corrected chi connectivity index (χ3v) is 5.03. The minimum Gasteiger partial charge on any atom is -0.495 e. The number of nitrogens with zero attached hydrogens (tertiary/aromatic N) is 1. The molecular formula is C17H26N2O2. The van der Waals surface area contributed by atoms with Gasteiger partial charge in [0.2, 0.25) is 0 Å². The van der Waals surface area contributed by atoms with E-state index in [9.17, 15) is 0 Å². The van der Waals surface area contributed by atoms with Crippen molar-refractivity contribution in [3.63, 3.8) is 0 Å². The fraction of sp³-hybridized carbons (Fsp3) is 0.647. The average molecular weight is 290 g/mol. The van der Waals surface area contributed by atoms with E-state index in [0.717, 1.165) is 44.3 Å². The van der Waals surface area contributed by atoms with E-state index in [1.165, 1.54) is 31.2 Å². The van der Waals surface area contributed by atoms with Crippen molar-refractivity contribution in [1.29, 1.82) is 0 Å². The largest absolute Gasteiger partial charge is 0.495 e. The molecule has 0 atom stereocenters. The molecule has 1 aromatic carbocycles. The molecule has 0 bridgehead atoms. The lowest BCUT2D eigenvalue weighted by molar-refractivity contribution is 0.0270. The van der Waals surface area contributed by atoms with Gasteiger partial charge in [-0.3, -0.25) is 4.90 Å². The summed E-state index contributed by atoms with van der Waals surface area (Å²) < 4.78 is 10.8. The Morgan fingerprint density at radius 3 is 2.57 bits per heavy atom. The van der Waals surface area contributed by atoms with Crippen LogP contribution in [0, 0.1) is 0 Å². The van der Waals surface area contributed by atoms with Crippen LogP contribution in [0.1, 0.15) is 31.2 Å². The zero-order valence-electron chi connectivity index (χ0n) is 12.9. The summed E-state index contributed by atoms with van der Waals surface area (Å²) in [4.78, 5) is 2.55. The highest BCUT2D eigenvalue weighted by Gasteiger charge is 2.37. The summed E-state index contributed by atoms with van der Waals surface area (Å²) in [6.07, 6.45) is 5.15. The number of rotatable bonds is 4. The smallest absolute Gasteiger partial charge is 0.141 e. The first kappa shape index (κ1) is 14.7. The highest BCUT2D eigenvalue weighted by Crippen LogP contribution is 2.43. The van der Waals surface area contributed by atoms with Gasteiger partial charge in [-0.05, 0) is 30.5 Å². The first-order valence-corrected chi connectivity index (χ1v) is 7.98. The zero-order chi connectivity index (χ0) is 14.7. The Morgan fingerprint density at radius 1 is 1.24 bits per heavy atom. The number of nitrogen functional groups attached to an aromatic ring is 1. The lowest BCUT2D eigenvalue weighted by atomic mass is 9.78. The van der Waals surface area contributed by atoms with Crippen molar-refractivity contribution in [2.45, 2.75) is 31.1 Å². The SMILES string of the molecule is COc1ccc(C2(CN3CCOCC3)CCCC2)cc1N. The van der Waals surface area contributed by atoms with Crippen LogP contribution in [0.4, 0.5) is 5.69 Å². The van der Waals surface area contributed by atoms with Crippen LogP contribution in [0.25, 0.3) is 0 Å². The maximum atomic E-state index is 6.13. The molecule has 2 aliphatic rings. The Bertz CT molecular complexity index is 478. The molecule has 4 nitrogen and oxygen atoms in total. The molecule has 21 heavy (non-hydrogen) atoms. The number of hydrogen-bond acceptors (Lipinski definition) is 4. The van der Waals surface area contributed by atoms with E-state index in [2.05, 4.69) is 17.0 Å². The van der Waals surface area contributed by atoms with Gasteiger partial charge < -0.3 is 15.2 Å². The second-order valence-corrected chi connectivity index (χ2v) is 6.33. The quantitative estimate of drug-likeness (QED) is 0.865. The van der Waals surface area contributed by atoms with Gasteiger partial charge in [-0.2, -0.15) is 0 Å². The monoisotopic (exact) mass is 290 g/mol. The van der Waals surface area contributed by atoms with E-state index in [1.54, 1.807) is 7.11 Å². The van der Waals surface area contributed by atoms with Gasteiger partial charge in [0.05, 0.1) is 26.0 Å². The van der Waals surface area contributed by atoms with Crippen LogP contribution in [-0.2, 0) is 10.2 Å². The van der Waals surface area contributed by atoms with Gasteiger partial charge in [0.1, 0.15) is 5.75 Å². The van der Waals surface area contributed by atoms with Gasteiger partial charge >= 0.3 is 0 Å². The van der Waals surface area contributed by atoms with Crippen molar-refractivity contribution >= 4 is 5.69 Å². The summed E-state index contributed by atoms with van der Waals surface area (Å²) in [6.45, 7) is 4.95. The molecule has 3 rings (SSSR count). The number of morpholine rings is 1. The molecule has 1 saturated heterocycles. The molecule has 0 amide bonds. The molecular weight excluding hydrogens is 264 g/mol. The van der Waals surface area contributed by atoms with Crippen LogP contribution in [0.15, 0.2) is 18.2 Å². The van der Waals surface area contributed by atoms with Crippen LogP contribution in [0.5, 0.6) is 5.75 Å². The average Bonchev–Trinajstić information content (AvgIpc) is 2.98. The molecule has 1 heterocycles. The topological polar surface area (TPSA) is 47.7 Å². The highest BCUT2D eigenvalue weighted by molar-refractivity contribution is 5.55. The fourth-order valence-electron chi connectivity index (χ4n) is 3.84. The van der Waals surface area contributed by atoms with E-state index < -0.39 is 0 Å². The molecule has 2 N–H and O–H groups in total. The van der Waals surface area contributed by atoms with E-state index in [0.29, 0.717) is 0 Å². The van der Waals surface area contributed by atoms with Crippen LogP contribution in [0.2, 0.25) is 0 Å². The molecule has 116 valence electrons. The van der Waals surface area contributed by atoms with Crippen LogP contribution >= 0.6 is 0 Å². The minimum atomic E-state index is 0.262. The van der Waals surface area contributed by atoms with Crippen LogP contribution in [-0.4, -0.2) is 44.9 Å². The first-order valence-electron chi connectivity index (χ1n) is 7.98. The lowest BCUT2D eigenvalue weighted by Gasteiger charge is -2.37. The van der Waals surface area contributed by atoms with Gasteiger partial charge in [0, 0.05) is 25.0 Å². The van der Waals surface area contributed by atoms with E-state index in [1.807, 2.05) is 6.07 Å². The Balaban J connectivity index is 1.84. The first-order chi connectivity index (χ1) is 10.2. The van der Waals surface area contributed by atoms with Crippen molar-refractivity contribution in [1.82, 2.24) is 4.90 Å². The summed E-state index contributed by atoms with van der Waals surface area (Å²) in [7, 11) is 1.67. The van der Waals surface area contributed by atoms with E-state index in [-0.39, 0.29) is 5.41 Å². The number of nitrogens with two attached hydrogens (primary N) is 1. The minimum absolute atomic E-state index is 0.262. The summed E-state index contributed by atoms with van der Waals surface area (Å²) >= 11 is 0. The van der Waals surface area contributed by atoms with Crippen molar-refractivity contribution in [2.75, 3.05) is 45.7 Å². The van der Waals surface area contributed by atoms with E-state index in [4.69, 9.17) is 15.2 Å². The molecule has 1 saturated carbocycles. The van der Waals surface area contributed by atoms with E-state index >= 15 is 0 Å². The van der Waals surface area contributed by atoms with Gasteiger partial charge in [-0.1, -0.05) is 18.9 Å². The fourth-order valence-corrected chi connectivity index (χ4v) is 3.84. The number of ether oxygens (including phenoxy) is 2. The Kier molecular flexibility index (Phi) is 4.36. The summed E-state index contributed by atoms with van der Waals surface area (Å²) in [5, 5.41) is 0. The molecule has 0 radical (unpaired) electrons. The summed E-state index contributed by atoms with van der Waals surface area (Å²) in [5.41, 5.74) is 8.53. The van der Waals surface area contributed by atoms with Crippen molar-refractivity contribution < 1.29 is 9.47 Å². The Hall–Kier alpha value is -1.26. The highest BCUT2D eigenvalue weighted by atomic mass is 16.5. The standard InChI is InChI=1S/C17H26N2O2/c1-20-16-5-4-14(12-15(16)18)17(6-2-3-7-17)13-19-8-10-21-11-9-19/h4-5,12H,2-3,6-11,13,18H2,1H3. The predicted molar refractivity (Wildman–Crippen MR) is 84.8 cm³/mol. The Labute approximate surface area is 127 Å².